The van der Waals surface area contributed by atoms with E-state index < -0.39 is 0 Å². The number of aromatic nitrogens is 2. The van der Waals surface area contributed by atoms with Crippen molar-refractivity contribution in [3.8, 4) is 11.5 Å². The Bertz CT molecular complexity index is 1240. The molecule has 0 unspecified atom stereocenters. The van der Waals surface area contributed by atoms with Crippen LogP contribution in [0.4, 0.5) is 0 Å². The molecular formula is C27H34N4O4. The van der Waals surface area contributed by atoms with Crippen LogP contribution in [0.1, 0.15) is 38.5 Å². The maximum Gasteiger partial charge on any atom is 0.261 e. The lowest BCUT2D eigenvalue weighted by atomic mass is 9.68. The van der Waals surface area contributed by atoms with Crippen molar-refractivity contribution in [1.29, 1.82) is 0 Å². The lowest BCUT2D eigenvalue weighted by Crippen LogP contribution is -2.60. The average Bonchev–Trinajstić information content (AvgIpc) is 2.89. The molecule has 186 valence electrons. The van der Waals surface area contributed by atoms with Crippen LogP contribution in [0.3, 0.4) is 0 Å². The lowest BCUT2D eigenvalue weighted by Gasteiger charge is -2.54. The quantitative estimate of drug-likeness (QED) is 0.629. The van der Waals surface area contributed by atoms with Gasteiger partial charge in [0.25, 0.3) is 5.56 Å². The van der Waals surface area contributed by atoms with Gasteiger partial charge in [-0.05, 0) is 56.6 Å². The average molecular weight is 479 g/mol. The van der Waals surface area contributed by atoms with E-state index in [1.165, 1.54) is 55.8 Å². The summed E-state index contributed by atoms with van der Waals surface area (Å²) in [5.41, 5.74) is 1.74. The van der Waals surface area contributed by atoms with Crippen molar-refractivity contribution in [3.05, 3.63) is 40.5 Å². The molecule has 1 aromatic carbocycles. The first kappa shape index (κ1) is 22.6. The summed E-state index contributed by atoms with van der Waals surface area (Å²) in [6.07, 6.45) is 11.2. The third-order valence-electron chi connectivity index (χ3n) is 8.61. The number of likely N-dealkylation sites (tertiary alicyclic amines) is 1. The number of methoxy groups -OCH3 is 2. The monoisotopic (exact) mass is 478 g/mol. The van der Waals surface area contributed by atoms with E-state index in [0.29, 0.717) is 40.3 Å². The van der Waals surface area contributed by atoms with E-state index in [1.807, 2.05) is 0 Å². The molecular weight excluding hydrogens is 444 g/mol. The van der Waals surface area contributed by atoms with Gasteiger partial charge in [0.1, 0.15) is 6.54 Å². The fourth-order valence-electron chi connectivity index (χ4n) is 7.09. The summed E-state index contributed by atoms with van der Waals surface area (Å²) in [5.74, 6) is 2.12. The second-order valence-electron chi connectivity index (χ2n) is 10.5. The number of piperidine rings is 3. The third-order valence-corrected chi connectivity index (χ3v) is 8.61. The molecule has 0 saturated carbocycles. The molecule has 4 aliphatic rings. The van der Waals surface area contributed by atoms with E-state index in [4.69, 9.17) is 9.47 Å². The van der Waals surface area contributed by atoms with Crippen molar-refractivity contribution in [3.63, 3.8) is 0 Å². The van der Waals surface area contributed by atoms with Crippen molar-refractivity contribution in [2.45, 2.75) is 57.2 Å². The summed E-state index contributed by atoms with van der Waals surface area (Å²) < 4.78 is 12.1. The lowest BCUT2D eigenvalue weighted by molar-refractivity contribution is -0.137. The van der Waals surface area contributed by atoms with Gasteiger partial charge < -0.3 is 14.4 Å². The minimum absolute atomic E-state index is 0.00237. The molecule has 3 fully saturated rings. The minimum Gasteiger partial charge on any atom is -0.493 e. The fraction of sp³-hybridized carbons (Fsp3) is 0.593. The van der Waals surface area contributed by atoms with Crippen LogP contribution in [0.5, 0.6) is 11.5 Å². The number of hydrogen-bond acceptors (Lipinski definition) is 6. The zero-order chi connectivity index (χ0) is 24.1. The number of carbonyl (C=O) groups excluding carboxylic acids is 1. The summed E-state index contributed by atoms with van der Waals surface area (Å²) in [4.78, 5) is 36.1. The molecule has 0 N–H and O–H groups in total. The fourth-order valence-corrected chi connectivity index (χ4v) is 7.09. The van der Waals surface area contributed by atoms with Crippen LogP contribution >= 0.6 is 0 Å². The molecule has 8 nitrogen and oxygen atoms in total. The SMILES string of the molecule is COc1cc2ncn(CC(=O)N3CCCC4=C[C@@H]5C[C@@H](CN6CCCC[C@H]56)[C@@H]43)c(=O)c2cc1OC. The maximum absolute atomic E-state index is 13.6. The molecule has 1 aromatic heterocycles. The number of rotatable bonds is 4. The van der Waals surface area contributed by atoms with Crippen molar-refractivity contribution < 1.29 is 14.3 Å². The zero-order valence-electron chi connectivity index (χ0n) is 20.6. The second kappa shape index (κ2) is 8.97. The molecule has 0 radical (unpaired) electrons. The molecule has 4 atom stereocenters. The number of fused-ring (bicyclic) bond motifs is 7. The van der Waals surface area contributed by atoms with Gasteiger partial charge in [0.05, 0.1) is 37.5 Å². The van der Waals surface area contributed by atoms with Crippen LogP contribution in [-0.2, 0) is 11.3 Å². The Morgan fingerprint density at radius 2 is 1.94 bits per heavy atom. The molecule has 2 aromatic rings. The van der Waals surface area contributed by atoms with Crippen LogP contribution in [0.15, 0.2) is 34.9 Å². The van der Waals surface area contributed by atoms with E-state index in [9.17, 15) is 9.59 Å². The van der Waals surface area contributed by atoms with Gasteiger partial charge in [0.2, 0.25) is 5.91 Å². The molecule has 8 heteroatoms. The molecule has 1 aliphatic carbocycles. The van der Waals surface area contributed by atoms with Gasteiger partial charge in [-0.3, -0.25) is 19.1 Å². The van der Waals surface area contributed by atoms with Gasteiger partial charge in [0, 0.05) is 25.2 Å². The summed E-state index contributed by atoms with van der Waals surface area (Å²) >= 11 is 0. The predicted octanol–water partition coefficient (Wildman–Crippen LogP) is 2.84. The molecule has 6 rings (SSSR count). The number of nitrogens with zero attached hydrogens (tertiary/aromatic N) is 4. The highest BCUT2D eigenvalue weighted by molar-refractivity contribution is 5.82. The van der Waals surface area contributed by atoms with Gasteiger partial charge in [-0.1, -0.05) is 18.1 Å². The first-order valence-corrected chi connectivity index (χ1v) is 12.9. The van der Waals surface area contributed by atoms with E-state index in [-0.39, 0.29) is 24.1 Å². The largest absolute Gasteiger partial charge is 0.493 e. The Balaban J connectivity index is 1.27. The number of amides is 1. The van der Waals surface area contributed by atoms with E-state index in [0.717, 1.165) is 25.9 Å². The Kier molecular flexibility index (Phi) is 5.79. The van der Waals surface area contributed by atoms with Gasteiger partial charge >= 0.3 is 0 Å². The van der Waals surface area contributed by atoms with Crippen molar-refractivity contribution >= 4 is 16.8 Å². The van der Waals surface area contributed by atoms with Crippen molar-refractivity contribution in [2.24, 2.45) is 11.8 Å². The first-order chi connectivity index (χ1) is 17.1. The third kappa shape index (κ3) is 3.82. The molecule has 2 bridgehead atoms. The summed E-state index contributed by atoms with van der Waals surface area (Å²) in [7, 11) is 3.09. The van der Waals surface area contributed by atoms with Crippen LogP contribution in [0.25, 0.3) is 10.9 Å². The Hall–Kier alpha value is -2.87. The Labute approximate surface area is 205 Å². The highest BCUT2D eigenvalue weighted by Gasteiger charge is 2.46. The van der Waals surface area contributed by atoms with Crippen molar-refractivity contribution in [1.82, 2.24) is 19.4 Å². The van der Waals surface area contributed by atoms with Gasteiger partial charge in [-0.15, -0.1) is 0 Å². The van der Waals surface area contributed by atoms with Gasteiger partial charge in [-0.2, -0.15) is 0 Å². The van der Waals surface area contributed by atoms with E-state index in [1.54, 1.807) is 19.2 Å². The smallest absolute Gasteiger partial charge is 0.261 e. The molecule has 1 amide bonds. The topological polar surface area (TPSA) is 76.9 Å². The van der Waals surface area contributed by atoms with Crippen LogP contribution in [0.2, 0.25) is 0 Å². The second-order valence-corrected chi connectivity index (χ2v) is 10.5. The van der Waals surface area contributed by atoms with Crippen LogP contribution in [-0.4, -0.2) is 71.2 Å². The number of carbonyl (C=O) groups is 1. The Morgan fingerprint density at radius 3 is 2.77 bits per heavy atom. The van der Waals surface area contributed by atoms with Crippen molar-refractivity contribution in [2.75, 3.05) is 33.9 Å². The molecule has 3 aliphatic heterocycles. The normalized spacial score (nSPS) is 28.2. The number of ether oxygens (including phenoxy) is 2. The highest BCUT2D eigenvalue weighted by atomic mass is 16.5. The number of benzene rings is 1. The number of hydrogen-bond donors (Lipinski definition) is 0. The molecule has 35 heavy (non-hydrogen) atoms. The minimum atomic E-state index is -0.241. The molecule has 3 saturated heterocycles. The van der Waals surface area contributed by atoms with Crippen LogP contribution < -0.4 is 15.0 Å². The summed E-state index contributed by atoms with van der Waals surface area (Å²) in [6, 6.07) is 4.20. The highest BCUT2D eigenvalue weighted by Crippen LogP contribution is 2.45. The van der Waals surface area contributed by atoms with Gasteiger partial charge in [-0.25, -0.2) is 4.98 Å². The standard InChI is InChI=1S/C27H34N4O4/c1-34-23-12-20-21(13-24(23)35-2)28-16-30(27(20)33)15-25(32)31-9-5-6-17-10-18-11-19(26(17)31)14-29-8-4-3-7-22(18)29/h10,12-13,16,18-19,22,26H,3-9,11,14-15H2,1-2H3/t18-,19+,22-,26-/m1/s1. The molecule has 4 heterocycles. The van der Waals surface area contributed by atoms with E-state index >= 15 is 0 Å². The predicted molar refractivity (Wildman–Crippen MR) is 133 cm³/mol. The Morgan fingerprint density at radius 1 is 1.11 bits per heavy atom. The van der Waals surface area contributed by atoms with E-state index in [2.05, 4.69) is 20.9 Å². The summed E-state index contributed by atoms with van der Waals surface area (Å²) in [6.45, 7) is 3.04. The maximum atomic E-state index is 13.6. The first-order valence-electron chi connectivity index (χ1n) is 12.9. The zero-order valence-corrected chi connectivity index (χ0v) is 20.6. The van der Waals surface area contributed by atoms with Crippen LogP contribution in [0, 0.1) is 11.8 Å². The van der Waals surface area contributed by atoms with Gasteiger partial charge in [0.15, 0.2) is 11.5 Å². The molecule has 0 spiro atoms. The summed E-state index contributed by atoms with van der Waals surface area (Å²) in [5, 5.41) is 0.418.